The zero-order valence-corrected chi connectivity index (χ0v) is 21.5. The molecule has 1 aliphatic rings. The summed E-state index contributed by atoms with van der Waals surface area (Å²) in [6, 6.07) is 14.2. The Balaban J connectivity index is 1.62. The predicted octanol–water partition coefficient (Wildman–Crippen LogP) is 6.78. The van der Waals surface area contributed by atoms with Crippen LogP contribution in [0.2, 0.25) is 5.02 Å². The maximum absolute atomic E-state index is 13.8. The van der Waals surface area contributed by atoms with Crippen LogP contribution < -0.4 is 19.1 Å². The fraction of sp³-hybridized carbons (Fsp3) is 0.143. The minimum absolute atomic E-state index is 0.0970. The van der Waals surface area contributed by atoms with Crippen LogP contribution in [0, 0.1) is 0 Å². The Labute approximate surface area is 229 Å². The molecule has 0 aliphatic carbocycles. The third-order valence-corrected chi connectivity index (χ3v) is 6.42. The zero-order valence-electron chi connectivity index (χ0n) is 20.8. The zero-order chi connectivity index (χ0) is 28.8. The number of nitrogens with zero attached hydrogens (tertiary/aromatic N) is 1. The topological polar surface area (TPSA) is 98.4 Å². The van der Waals surface area contributed by atoms with E-state index in [-0.39, 0.29) is 28.4 Å². The summed E-state index contributed by atoms with van der Waals surface area (Å²) in [5.74, 6) is -2.63. The van der Waals surface area contributed by atoms with E-state index in [0.29, 0.717) is 21.7 Å². The van der Waals surface area contributed by atoms with Gasteiger partial charge in [0, 0.05) is 22.2 Å². The van der Waals surface area contributed by atoms with Crippen LogP contribution in [0.1, 0.15) is 22.2 Å². The van der Waals surface area contributed by atoms with Gasteiger partial charge in [-0.05, 0) is 54.1 Å². The molecule has 40 heavy (non-hydrogen) atoms. The van der Waals surface area contributed by atoms with E-state index >= 15 is 0 Å². The van der Waals surface area contributed by atoms with Crippen LogP contribution in [0.3, 0.4) is 0 Å². The highest BCUT2D eigenvalue weighted by atomic mass is 35.5. The van der Waals surface area contributed by atoms with Gasteiger partial charge in [-0.3, -0.25) is 14.5 Å². The highest BCUT2D eigenvalue weighted by molar-refractivity contribution is 6.31. The molecule has 1 aliphatic heterocycles. The molecule has 1 atom stereocenters. The van der Waals surface area contributed by atoms with E-state index in [0.717, 1.165) is 17.0 Å². The van der Waals surface area contributed by atoms with E-state index in [9.17, 15) is 27.9 Å². The van der Waals surface area contributed by atoms with E-state index in [1.165, 1.54) is 38.5 Å². The second-order valence-corrected chi connectivity index (χ2v) is 9.06. The first-order valence-corrected chi connectivity index (χ1v) is 12.0. The van der Waals surface area contributed by atoms with E-state index in [1.807, 2.05) is 0 Å². The lowest BCUT2D eigenvalue weighted by Crippen LogP contribution is -2.31. The first kappa shape index (κ1) is 26.9. The lowest BCUT2D eigenvalue weighted by Gasteiger charge is -2.27. The highest BCUT2D eigenvalue weighted by Crippen LogP contribution is 2.44. The lowest BCUT2D eigenvalue weighted by atomic mass is 9.94. The molecular formula is C28H19ClF3NO7. The standard InChI is InChI=1S/C28H19ClF3NO7/c1-37-19-5-3-4-14(11-19)23-22(24(34)20-12-15-10-16(29)13-21(38-2)26(15)39-20)25(35)27(36)33(23)17-6-8-18(9-7-17)40-28(30,31)32/h3-13,23,35H,1-2H3. The molecule has 0 bridgehead atoms. The smallest absolute Gasteiger partial charge is 0.503 e. The van der Waals surface area contributed by atoms with Gasteiger partial charge in [-0.15, -0.1) is 13.2 Å². The third-order valence-electron chi connectivity index (χ3n) is 6.20. The summed E-state index contributed by atoms with van der Waals surface area (Å²) in [7, 11) is 2.84. The minimum atomic E-state index is -4.91. The molecule has 0 saturated heterocycles. The molecule has 0 spiro atoms. The Hall–Kier alpha value is -4.64. The molecule has 1 unspecified atom stereocenters. The number of fused-ring (bicyclic) bond motifs is 1. The number of alkyl halides is 3. The number of Topliss-reactive ketones (excluding diaryl/α,β-unsaturated/α-hetero) is 1. The molecule has 12 heteroatoms. The molecule has 8 nitrogen and oxygen atoms in total. The number of carbonyl (C=O) groups is 2. The molecular weight excluding hydrogens is 555 g/mol. The summed E-state index contributed by atoms with van der Waals surface area (Å²) >= 11 is 6.14. The second kappa shape index (κ2) is 10.2. The molecule has 1 amide bonds. The van der Waals surface area contributed by atoms with Crippen LogP contribution in [0.5, 0.6) is 17.2 Å². The summed E-state index contributed by atoms with van der Waals surface area (Å²) in [4.78, 5) is 28.3. The van der Waals surface area contributed by atoms with E-state index in [4.69, 9.17) is 25.5 Å². The van der Waals surface area contributed by atoms with Gasteiger partial charge in [0.25, 0.3) is 5.91 Å². The van der Waals surface area contributed by atoms with Gasteiger partial charge in [-0.1, -0.05) is 23.7 Å². The van der Waals surface area contributed by atoms with E-state index in [1.54, 1.807) is 30.3 Å². The van der Waals surface area contributed by atoms with Crippen LogP contribution in [-0.2, 0) is 4.79 Å². The number of anilines is 1. The molecule has 206 valence electrons. The number of aliphatic hydroxyl groups excluding tert-OH is 1. The molecule has 5 rings (SSSR count). The Morgan fingerprint density at radius 3 is 2.38 bits per heavy atom. The quantitative estimate of drug-likeness (QED) is 0.243. The maximum atomic E-state index is 13.8. The number of benzene rings is 3. The molecule has 0 fully saturated rings. The number of amides is 1. The molecule has 4 aromatic rings. The van der Waals surface area contributed by atoms with Gasteiger partial charge < -0.3 is 23.7 Å². The van der Waals surface area contributed by atoms with Crippen molar-refractivity contribution >= 4 is 39.9 Å². The fourth-order valence-corrected chi connectivity index (χ4v) is 4.74. The third kappa shape index (κ3) is 4.91. The normalized spacial score (nSPS) is 15.6. The van der Waals surface area contributed by atoms with Gasteiger partial charge in [-0.25, -0.2) is 0 Å². The van der Waals surface area contributed by atoms with Crippen LogP contribution in [-0.4, -0.2) is 37.4 Å². The van der Waals surface area contributed by atoms with Crippen molar-refractivity contribution in [3.05, 3.63) is 94.4 Å². The van der Waals surface area contributed by atoms with Gasteiger partial charge in [0.05, 0.1) is 25.8 Å². The Morgan fingerprint density at radius 2 is 1.73 bits per heavy atom. The number of furan rings is 1. The predicted molar refractivity (Wildman–Crippen MR) is 138 cm³/mol. The second-order valence-electron chi connectivity index (χ2n) is 8.62. The molecule has 3 aromatic carbocycles. The number of halogens is 4. The van der Waals surface area contributed by atoms with Crippen molar-refractivity contribution in [3.63, 3.8) is 0 Å². The number of hydrogen-bond acceptors (Lipinski definition) is 7. The van der Waals surface area contributed by atoms with Crippen LogP contribution in [0.15, 0.2) is 82.5 Å². The first-order valence-electron chi connectivity index (χ1n) is 11.6. The number of rotatable bonds is 7. The summed E-state index contributed by atoms with van der Waals surface area (Å²) in [6.45, 7) is 0. The average molecular weight is 574 g/mol. The van der Waals surface area contributed by atoms with Crippen molar-refractivity contribution in [1.82, 2.24) is 0 Å². The van der Waals surface area contributed by atoms with Crippen LogP contribution in [0.25, 0.3) is 11.0 Å². The van der Waals surface area contributed by atoms with Crippen molar-refractivity contribution in [1.29, 1.82) is 0 Å². The maximum Gasteiger partial charge on any atom is 0.573 e. The van der Waals surface area contributed by atoms with Gasteiger partial charge in [0.2, 0.25) is 5.78 Å². The largest absolute Gasteiger partial charge is 0.573 e. The number of methoxy groups -OCH3 is 2. The van der Waals surface area contributed by atoms with Crippen LogP contribution >= 0.6 is 11.6 Å². The Bertz CT molecular complexity index is 1660. The number of ketones is 1. The number of ether oxygens (including phenoxy) is 3. The van der Waals surface area contributed by atoms with E-state index < -0.39 is 35.6 Å². The molecule has 0 saturated carbocycles. The van der Waals surface area contributed by atoms with Crippen LogP contribution in [0.4, 0.5) is 18.9 Å². The lowest BCUT2D eigenvalue weighted by molar-refractivity contribution is -0.274. The number of aliphatic hydroxyl groups is 1. The van der Waals surface area contributed by atoms with Gasteiger partial charge in [-0.2, -0.15) is 0 Å². The van der Waals surface area contributed by atoms with Crippen molar-refractivity contribution in [2.75, 3.05) is 19.1 Å². The Kier molecular flexibility index (Phi) is 6.84. The van der Waals surface area contributed by atoms with Gasteiger partial charge in [0.1, 0.15) is 11.5 Å². The van der Waals surface area contributed by atoms with Gasteiger partial charge in [0.15, 0.2) is 22.9 Å². The molecule has 2 heterocycles. The SMILES string of the molecule is COc1cccc(C2C(C(=O)c3cc4cc(Cl)cc(OC)c4o3)=C(O)C(=O)N2c2ccc(OC(F)(F)F)cc2)c1. The van der Waals surface area contributed by atoms with Gasteiger partial charge >= 0.3 is 6.36 Å². The summed E-state index contributed by atoms with van der Waals surface area (Å²) in [6.07, 6.45) is -4.91. The number of carbonyl (C=O) groups excluding carboxylic acids is 2. The van der Waals surface area contributed by atoms with Crippen molar-refractivity contribution in [2.24, 2.45) is 0 Å². The average Bonchev–Trinajstić information content (AvgIpc) is 3.46. The van der Waals surface area contributed by atoms with E-state index in [2.05, 4.69) is 4.74 Å². The van der Waals surface area contributed by atoms with Crippen molar-refractivity contribution in [3.8, 4) is 17.2 Å². The summed E-state index contributed by atoms with van der Waals surface area (Å²) in [5.41, 5.74) is 0.403. The molecule has 0 radical (unpaired) electrons. The fourth-order valence-electron chi connectivity index (χ4n) is 4.52. The van der Waals surface area contributed by atoms with Crippen molar-refractivity contribution < 1.29 is 46.5 Å². The van der Waals surface area contributed by atoms with Crippen molar-refractivity contribution in [2.45, 2.75) is 12.4 Å². The number of hydrogen-bond donors (Lipinski definition) is 1. The summed E-state index contributed by atoms with van der Waals surface area (Å²) in [5, 5.41) is 11.8. The Morgan fingerprint density at radius 1 is 1.00 bits per heavy atom. The molecule has 1 aromatic heterocycles. The molecule has 1 N–H and O–H groups in total. The first-order chi connectivity index (χ1) is 19.0. The summed E-state index contributed by atoms with van der Waals surface area (Å²) < 4.78 is 58.3. The highest BCUT2D eigenvalue weighted by Gasteiger charge is 2.45. The monoisotopic (exact) mass is 573 g/mol. The minimum Gasteiger partial charge on any atom is -0.503 e.